The fourth-order valence-electron chi connectivity index (χ4n) is 4.81. The molecule has 1 atom stereocenters. The van der Waals surface area contributed by atoms with Gasteiger partial charge in [0.2, 0.25) is 5.91 Å². The van der Waals surface area contributed by atoms with Crippen molar-refractivity contribution < 1.29 is 28.2 Å². The number of nitrogens with one attached hydrogen (secondary N) is 1. The highest BCUT2D eigenvalue weighted by Crippen LogP contribution is 2.43. The van der Waals surface area contributed by atoms with Crippen LogP contribution in [0.15, 0.2) is 42.5 Å². The zero-order valence-corrected chi connectivity index (χ0v) is 18.9. The van der Waals surface area contributed by atoms with E-state index in [1.165, 1.54) is 26.4 Å². The Morgan fingerprint density at radius 2 is 1.76 bits per heavy atom. The van der Waals surface area contributed by atoms with Crippen LogP contribution in [0.2, 0.25) is 0 Å². The van der Waals surface area contributed by atoms with Gasteiger partial charge in [-0.15, -0.1) is 0 Å². The highest BCUT2D eigenvalue weighted by molar-refractivity contribution is 6.02. The van der Waals surface area contributed by atoms with Gasteiger partial charge in [-0.05, 0) is 55.5 Å². The molecule has 1 heterocycles. The Balaban J connectivity index is 1.65. The van der Waals surface area contributed by atoms with Gasteiger partial charge in [-0.25, -0.2) is 4.39 Å². The van der Waals surface area contributed by atoms with Crippen LogP contribution in [0, 0.1) is 5.82 Å². The van der Waals surface area contributed by atoms with Crippen LogP contribution in [0.1, 0.15) is 48.0 Å². The molecule has 4 rings (SSSR count). The molecule has 7 nitrogen and oxygen atoms in total. The Morgan fingerprint density at radius 1 is 1.09 bits per heavy atom. The number of benzene rings is 2. The third kappa shape index (κ3) is 4.53. The number of carbonyl (C=O) groups excluding carboxylic acids is 2. The molecule has 0 radical (unpaired) electrons. The summed E-state index contributed by atoms with van der Waals surface area (Å²) in [5.74, 6) is -0.335. The summed E-state index contributed by atoms with van der Waals surface area (Å²) in [7, 11) is 2.98. The molecule has 2 amide bonds. The molecular formula is C25H29FN2O5. The first-order valence-corrected chi connectivity index (χ1v) is 11.2. The first-order chi connectivity index (χ1) is 16.0. The Labute approximate surface area is 192 Å². The number of halogens is 1. The predicted molar refractivity (Wildman–Crippen MR) is 120 cm³/mol. The second kappa shape index (κ2) is 9.79. The highest BCUT2D eigenvalue weighted by atomic mass is 19.1. The van der Waals surface area contributed by atoms with Gasteiger partial charge in [0.25, 0.3) is 5.91 Å². The maximum absolute atomic E-state index is 14.0. The summed E-state index contributed by atoms with van der Waals surface area (Å²) in [6, 6.07) is 10.4. The van der Waals surface area contributed by atoms with Gasteiger partial charge >= 0.3 is 0 Å². The second-order valence-corrected chi connectivity index (χ2v) is 8.39. The van der Waals surface area contributed by atoms with Gasteiger partial charge < -0.3 is 19.5 Å². The lowest BCUT2D eigenvalue weighted by atomic mass is 9.89. The molecular weight excluding hydrogens is 427 g/mol. The van der Waals surface area contributed by atoms with Crippen molar-refractivity contribution in [2.75, 3.05) is 20.8 Å². The molecule has 2 aromatic carbocycles. The van der Waals surface area contributed by atoms with Crippen molar-refractivity contribution in [2.24, 2.45) is 0 Å². The molecule has 0 bridgehead atoms. The number of hydrogen-bond acceptors (Lipinski definition) is 5. The summed E-state index contributed by atoms with van der Waals surface area (Å²) in [5.41, 5.74) is 0.0574. The normalized spacial score (nSPS) is 19.4. The summed E-state index contributed by atoms with van der Waals surface area (Å²) in [4.78, 5) is 28.8. The van der Waals surface area contributed by atoms with Crippen LogP contribution in [0.5, 0.6) is 11.5 Å². The van der Waals surface area contributed by atoms with E-state index in [1.807, 2.05) is 0 Å². The van der Waals surface area contributed by atoms with Gasteiger partial charge in [-0.2, -0.15) is 0 Å². The Hall–Kier alpha value is -3.13. The predicted octanol–water partition coefficient (Wildman–Crippen LogP) is 3.66. The third-order valence-corrected chi connectivity index (χ3v) is 6.41. The van der Waals surface area contributed by atoms with Crippen LogP contribution < -0.4 is 14.8 Å². The number of methoxy groups -OCH3 is 2. The molecule has 2 aromatic rings. The van der Waals surface area contributed by atoms with E-state index in [2.05, 4.69) is 5.32 Å². The Morgan fingerprint density at radius 3 is 2.39 bits per heavy atom. The average Bonchev–Trinajstić information content (AvgIpc) is 3.20. The largest absolute Gasteiger partial charge is 0.496 e. The molecule has 1 N–H and O–H groups in total. The molecule has 8 heteroatoms. The first kappa shape index (κ1) is 23.0. The maximum Gasteiger partial charge on any atom is 0.264 e. The topological polar surface area (TPSA) is 77.1 Å². The zero-order valence-electron chi connectivity index (χ0n) is 18.9. The van der Waals surface area contributed by atoms with E-state index in [4.69, 9.17) is 14.2 Å². The summed E-state index contributed by atoms with van der Waals surface area (Å²) in [6.07, 6.45) is 4.18. The minimum absolute atomic E-state index is 0.0954. The molecule has 1 unspecified atom stereocenters. The number of ether oxygens (including phenoxy) is 3. The smallest absolute Gasteiger partial charge is 0.264 e. The number of amides is 2. The van der Waals surface area contributed by atoms with E-state index in [1.54, 1.807) is 35.2 Å². The minimum atomic E-state index is -0.845. The Bertz CT molecular complexity index is 999. The van der Waals surface area contributed by atoms with Crippen molar-refractivity contribution in [1.29, 1.82) is 0 Å². The molecule has 1 saturated carbocycles. The van der Waals surface area contributed by atoms with Crippen molar-refractivity contribution in [3.63, 3.8) is 0 Å². The lowest BCUT2D eigenvalue weighted by Gasteiger charge is -2.41. The minimum Gasteiger partial charge on any atom is -0.496 e. The molecule has 2 aliphatic rings. The quantitative estimate of drug-likeness (QED) is 0.718. The van der Waals surface area contributed by atoms with E-state index in [0.29, 0.717) is 29.9 Å². The highest BCUT2D eigenvalue weighted by Gasteiger charge is 2.53. The lowest BCUT2D eigenvalue weighted by molar-refractivity contribution is -0.127. The van der Waals surface area contributed by atoms with Gasteiger partial charge in [0.15, 0.2) is 0 Å². The first-order valence-electron chi connectivity index (χ1n) is 11.2. The summed E-state index contributed by atoms with van der Waals surface area (Å²) in [5, 5.41) is 2.84. The molecule has 176 valence electrons. The monoisotopic (exact) mass is 456 g/mol. The van der Waals surface area contributed by atoms with E-state index in [9.17, 15) is 14.0 Å². The van der Waals surface area contributed by atoms with Crippen molar-refractivity contribution in [1.82, 2.24) is 10.2 Å². The van der Waals surface area contributed by atoms with E-state index in [0.717, 1.165) is 19.3 Å². The fraction of sp³-hybridized carbons (Fsp3) is 0.440. The van der Waals surface area contributed by atoms with Crippen LogP contribution in [0.3, 0.4) is 0 Å². The summed E-state index contributed by atoms with van der Waals surface area (Å²) >= 11 is 0. The van der Waals surface area contributed by atoms with Gasteiger partial charge in [-0.1, -0.05) is 24.6 Å². The van der Waals surface area contributed by atoms with Gasteiger partial charge in [-0.3, -0.25) is 14.5 Å². The standard InChI is InChI=1S/C25H29FN2O5/c1-31-20-10-7-11-21(32-2)22(20)24(30)28-19(16-33-25(28)12-4-3-5-13-25)23(29)27-15-17-8-6-9-18(26)14-17/h6-11,14,19H,3-5,12-13,15-16H2,1-2H3,(H,27,29). The average molecular weight is 457 g/mol. The Kier molecular flexibility index (Phi) is 6.83. The van der Waals surface area contributed by atoms with Gasteiger partial charge in [0, 0.05) is 6.54 Å². The molecule has 1 spiro atoms. The van der Waals surface area contributed by atoms with E-state index < -0.39 is 11.8 Å². The van der Waals surface area contributed by atoms with E-state index >= 15 is 0 Å². The number of rotatable bonds is 6. The fourth-order valence-corrected chi connectivity index (χ4v) is 4.81. The lowest BCUT2D eigenvalue weighted by Crippen LogP contribution is -2.56. The van der Waals surface area contributed by atoms with Crippen LogP contribution >= 0.6 is 0 Å². The van der Waals surface area contributed by atoms with Crippen LogP contribution in [0.4, 0.5) is 4.39 Å². The van der Waals surface area contributed by atoms with Crippen LogP contribution in [0.25, 0.3) is 0 Å². The molecule has 0 aromatic heterocycles. The number of carbonyl (C=O) groups is 2. The molecule has 2 fully saturated rings. The maximum atomic E-state index is 14.0. The summed E-state index contributed by atoms with van der Waals surface area (Å²) in [6.45, 7) is 0.248. The van der Waals surface area contributed by atoms with Crippen LogP contribution in [-0.2, 0) is 16.1 Å². The molecule has 1 saturated heterocycles. The third-order valence-electron chi connectivity index (χ3n) is 6.41. The van der Waals surface area contributed by atoms with Crippen molar-refractivity contribution in [3.8, 4) is 11.5 Å². The number of hydrogen-bond donors (Lipinski definition) is 1. The zero-order chi connectivity index (χ0) is 23.4. The van der Waals surface area contributed by atoms with Crippen molar-refractivity contribution >= 4 is 11.8 Å². The molecule has 1 aliphatic carbocycles. The SMILES string of the molecule is COc1cccc(OC)c1C(=O)N1C(C(=O)NCc2cccc(F)c2)COC12CCCCC2. The van der Waals surface area contributed by atoms with Gasteiger partial charge in [0.05, 0.1) is 20.8 Å². The number of nitrogens with zero attached hydrogens (tertiary/aromatic N) is 1. The van der Waals surface area contributed by atoms with Crippen molar-refractivity contribution in [2.45, 2.75) is 50.4 Å². The van der Waals surface area contributed by atoms with Gasteiger partial charge in [0.1, 0.15) is 34.6 Å². The van der Waals surface area contributed by atoms with Crippen LogP contribution in [-0.4, -0.2) is 49.3 Å². The van der Waals surface area contributed by atoms with Crippen molar-refractivity contribution in [3.05, 3.63) is 59.4 Å². The second-order valence-electron chi connectivity index (χ2n) is 8.39. The molecule has 1 aliphatic heterocycles. The van der Waals surface area contributed by atoms with E-state index in [-0.39, 0.29) is 36.3 Å². The molecule has 33 heavy (non-hydrogen) atoms. The summed E-state index contributed by atoms with van der Waals surface area (Å²) < 4.78 is 30.6.